The number of ether oxygens (including phenoxy) is 1. The number of hydrogen-bond acceptors (Lipinski definition) is 3. The molecule has 1 aliphatic heterocycles. The van der Waals surface area contributed by atoms with E-state index in [0.29, 0.717) is 12.1 Å². The number of nitrogens with zero attached hydrogens (tertiary/aromatic N) is 1. The first kappa shape index (κ1) is 10.4. The molecule has 1 saturated heterocycles. The maximum atomic E-state index is 5.75. The molecule has 0 aromatic carbocycles. The largest absolute Gasteiger partial charge is 0.376 e. The maximum Gasteiger partial charge on any atom is 0.0674 e. The summed E-state index contributed by atoms with van der Waals surface area (Å²) in [4.78, 5) is 2.61. The van der Waals surface area contributed by atoms with Gasteiger partial charge in [-0.3, -0.25) is 4.90 Å². The van der Waals surface area contributed by atoms with Crippen molar-refractivity contribution in [1.29, 1.82) is 0 Å². The molecule has 2 rings (SSSR count). The second kappa shape index (κ2) is 4.17. The molecule has 2 fully saturated rings. The van der Waals surface area contributed by atoms with Gasteiger partial charge in [-0.1, -0.05) is 0 Å². The van der Waals surface area contributed by atoms with E-state index in [9.17, 15) is 0 Å². The summed E-state index contributed by atoms with van der Waals surface area (Å²) in [5, 5.41) is 0. The predicted octanol–water partition coefficient (Wildman–Crippen LogP) is 0.833. The molecule has 3 nitrogen and oxygen atoms in total. The van der Waals surface area contributed by atoms with E-state index in [0.717, 1.165) is 31.7 Å². The lowest BCUT2D eigenvalue weighted by atomic mass is 9.77. The van der Waals surface area contributed by atoms with Crippen molar-refractivity contribution in [2.75, 3.05) is 19.7 Å². The summed E-state index contributed by atoms with van der Waals surface area (Å²) < 4.78 is 5.64. The quantitative estimate of drug-likeness (QED) is 0.714. The van der Waals surface area contributed by atoms with Crippen molar-refractivity contribution in [2.45, 2.75) is 44.9 Å². The second-order valence-corrected chi connectivity index (χ2v) is 4.83. The van der Waals surface area contributed by atoms with Crippen molar-refractivity contribution in [3.63, 3.8) is 0 Å². The lowest BCUT2D eigenvalue weighted by Crippen LogP contribution is -2.58. The van der Waals surface area contributed by atoms with Crippen LogP contribution in [0.5, 0.6) is 0 Å². The van der Waals surface area contributed by atoms with Gasteiger partial charge in [-0.15, -0.1) is 0 Å². The normalized spacial score (nSPS) is 44.8. The first-order chi connectivity index (χ1) is 6.72. The van der Waals surface area contributed by atoms with E-state index in [1.807, 2.05) is 0 Å². The molecule has 4 atom stereocenters. The van der Waals surface area contributed by atoms with Crippen LogP contribution in [-0.4, -0.2) is 42.8 Å². The van der Waals surface area contributed by atoms with Gasteiger partial charge >= 0.3 is 0 Å². The van der Waals surface area contributed by atoms with Gasteiger partial charge in [0.2, 0.25) is 0 Å². The van der Waals surface area contributed by atoms with E-state index < -0.39 is 0 Å². The summed E-state index contributed by atoms with van der Waals surface area (Å²) in [7, 11) is 0. The number of rotatable bonds is 2. The molecule has 0 spiro atoms. The monoisotopic (exact) mass is 198 g/mol. The highest BCUT2D eigenvalue weighted by Gasteiger charge is 2.38. The lowest BCUT2D eigenvalue weighted by molar-refractivity contribution is -0.0916. The minimum Gasteiger partial charge on any atom is -0.376 e. The highest BCUT2D eigenvalue weighted by molar-refractivity contribution is 4.93. The molecular formula is C11H22N2O. The maximum absolute atomic E-state index is 5.75. The third kappa shape index (κ3) is 1.81. The Kier molecular flexibility index (Phi) is 3.10. The topological polar surface area (TPSA) is 38.5 Å². The van der Waals surface area contributed by atoms with Crippen LogP contribution in [0.2, 0.25) is 0 Å². The highest BCUT2D eigenvalue weighted by atomic mass is 16.5. The average molecular weight is 198 g/mol. The zero-order chi connectivity index (χ0) is 10.1. The summed E-state index contributed by atoms with van der Waals surface area (Å²) in [6.07, 6.45) is 3.05. The van der Waals surface area contributed by atoms with Crippen LogP contribution in [0, 0.1) is 5.92 Å². The number of nitrogens with two attached hydrogens (primary N) is 1. The first-order valence-electron chi connectivity index (χ1n) is 5.79. The molecule has 82 valence electrons. The third-order valence-corrected chi connectivity index (χ3v) is 3.76. The van der Waals surface area contributed by atoms with Crippen LogP contribution in [0.25, 0.3) is 0 Å². The Morgan fingerprint density at radius 2 is 2.14 bits per heavy atom. The first-order valence-corrected chi connectivity index (χ1v) is 5.79. The van der Waals surface area contributed by atoms with Gasteiger partial charge in [0.25, 0.3) is 0 Å². The summed E-state index contributed by atoms with van der Waals surface area (Å²) in [5.41, 5.74) is 5.75. The van der Waals surface area contributed by atoms with Gasteiger partial charge in [0, 0.05) is 18.6 Å². The van der Waals surface area contributed by atoms with Crippen molar-refractivity contribution in [3.05, 3.63) is 0 Å². The molecule has 4 unspecified atom stereocenters. The van der Waals surface area contributed by atoms with Crippen molar-refractivity contribution in [3.8, 4) is 0 Å². The van der Waals surface area contributed by atoms with Crippen molar-refractivity contribution in [2.24, 2.45) is 11.7 Å². The van der Waals surface area contributed by atoms with Gasteiger partial charge in [-0.2, -0.15) is 0 Å². The molecule has 1 aliphatic carbocycles. The minimum atomic E-state index is 0.394. The van der Waals surface area contributed by atoms with Gasteiger partial charge in [0.1, 0.15) is 0 Å². The molecule has 0 radical (unpaired) electrons. The van der Waals surface area contributed by atoms with Crippen LogP contribution in [0.3, 0.4) is 0 Å². The Morgan fingerprint density at radius 3 is 2.71 bits per heavy atom. The van der Waals surface area contributed by atoms with Crippen LogP contribution < -0.4 is 5.73 Å². The molecule has 0 aromatic rings. The molecule has 1 heterocycles. The molecule has 2 aliphatic rings. The SMILES string of the molecule is CC1CN(C2CCC2CN)C(C)CO1. The molecule has 0 bridgehead atoms. The summed E-state index contributed by atoms with van der Waals surface area (Å²) in [5.74, 6) is 0.739. The zero-order valence-electron chi connectivity index (χ0n) is 9.28. The fourth-order valence-electron chi connectivity index (χ4n) is 2.65. The molecule has 0 amide bonds. The highest BCUT2D eigenvalue weighted by Crippen LogP contribution is 2.33. The molecule has 3 heteroatoms. The van der Waals surface area contributed by atoms with Crippen molar-refractivity contribution >= 4 is 0 Å². The van der Waals surface area contributed by atoms with Gasteiger partial charge < -0.3 is 10.5 Å². The summed E-state index contributed by atoms with van der Waals surface area (Å²) >= 11 is 0. The van der Waals surface area contributed by atoms with Gasteiger partial charge in [0.15, 0.2) is 0 Å². The Hall–Kier alpha value is -0.120. The van der Waals surface area contributed by atoms with Crippen LogP contribution in [0.1, 0.15) is 26.7 Å². The van der Waals surface area contributed by atoms with Gasteiger partial charge in [0.05, 0.1) is 12.7 Å². The second-order valence-electron chi connectivity index (χ2n) is 4.83. The Morgan fingerprint density at radius 1 is 1.36 bits per heavy atom. The summed E-state index contributed by atoms with van der Waals surface area (Å²) in [6.45, 7) is 7.24. The zero-order valence-corrected chi connectivity index (χ0v) is 9.28. The van der Waals surface area contributed by atoms with Crippen LogP contribution in [0.4, 0.5) is 0 Å². The van der Waals surface area contributed by atoms with Crippen LogP contribution in [-0.2, 0) is 4.74 Å². The average Bonchev–Trinajstić information content (AvgIpc) is 2.10. The predicted molar refractivity (Wildman–Crippen MR) is 57.1 cm³/mol. The Labute approximate surface area is 86.6 Å². The fraction of sp³-hybridized carbons (Fsp3) is 1.00. The van der Waals surface area contributed by atoms with E-state index in [4.69, 9.17) is 10.5 Å². The smallest absolute Gasteiger partial charge is 0.0674 e. The Balaban J connectivity index is 1.94. The molecule has 1 saturated carbocycles. The van der Waals surface area contributed by atoms with Gasteiger partial charge in [-0.05, 0) is 39.2 Å². The van der Waals surface area contributed by atoms with Crippen molar-refractivity contribution in [1.82, 2.24) is 4.90 Å². The van der Waals surface area contributed by atoms with Crippen LogP contribution in [0.15, 0.2) is 0 Å². The van der Waals surface area contributed by atoms with Crippen LogP contribution >= 0.6 is 0 Å². The Bertz CT molecular complexity index is 196. The van der Waals surface area contributed by atoms with E-state index in [-0.39, 0.29) is 0 Å². The summed E-state index contributed by atoms with van der Waals surface area (Å²) in [6, 6.07) is 1.31. The lowest BCUT2D eigenvalue weighted by Gasteiger charge is -2.49. The van der Waals surface area contributed by atoms with E-state index in [2.05, 4.69) is 18.7 Å². The standard InChI is InChI=1S/C11H22N2O/c1-8-7-14-9(2)6-13(8)11-4-3-10(11)5-12/h8-11H,3-7,12H2,1-2H3. The fourth-order valence-corrected chi connectivity index (χ4v) is 2.65. The molecule has 0 aromatic heterocycles. The minimum absolute atomic E-state index is 0.394. The molecular weight excluding hydrogens is 176 g/mol. The van der Waals surface area contributed by atoms with E-state index in [1.54, 1.807) is 0 Å². The van der Waals surface area contributed by atoms with E-state index >= 15 is 0 Å². The van der Waals surface area contributed by atoms with Crippen molar-refractivity contribution < 1.29 is 4.74 Å². The molecule has 2 N–H and O–H groups in total. The number of morpholine rings is 1. The third-order valence-electron chi connectivity index (χ3n) is 3.76. The van der Waals surface area contributed by atoms with E-state index in [1.165, 1.54) is 12.8 Å². The molecule has 14 heavy (non-hydrogen) atoms. The van der Waals surface area contributed by atoms with Gasteiger partial charge in [-0.25, -0.2) is 0 Å². The number of hydrogen-bond donors (Lipinski definition) is 1.